The SMILES string of the molecule is Cc1ccc(Cn2c(=O)c3ncccc3n(CC(=O)Nc3ccc(F)cc3)c2=O)cc1. The number of anilines is 1. The maximum atomic E-state index is 13.2. The van der Waals surface area contributed by atoms with E-state index >= 15 is 0 Å². The molecule has 2 heterocycles. The summed E-state index contributed by atoms with van der Waals surface area (Å²) in [5.41, 5.74) is 1.48. The third kappa shape index (κ3) is 4.28. The fourth-order valence-corrected chi connectivity index (χ4v) is 3.29. The largest absolute Gasteiger partial charge is 0.332 e. The first-order chi connectivity index (χ1) is 14.9. The predicted molar refractivity (Wildman–Crippen MR) is 116 cm³/mol. The molecular weight excluding hydrogens is 399 g/mol. The lowest BCUT2D eigenvalue weighted by molar-refractivity contribution is -0.116. The highest BCUT2D eigenvalue weighted by atomic mass is 19.1. The third-order valence-electron chi connectivity index (χ3n) is 4.88. The van der Waals surface area contributed by atoms with E-state index in [0.717, 1.165) is 15.7 Å². The molecule has 31 heavy (non-hydrogen) atoms. The lowest BCUT2D eigenvalue weighted by Crippen LogP contribution is -2.42. The van der Waals surface area contributed by atoms with Gasteiger partial charge in [0.25, 0.3) is 5.56 Å². The van der Waals surface area contributed by atoms with Crippen molar-refractivity contribution in [2.45, 2.75) is 20.0 Å². The molecule has 0 fully saturated rings. The minimum atomic E-state index is -0.611. The van der Waals surface area contributed by atoms with E-state index in [9.17, 15) is 18.8 Å². The number of amides is 1. The van der Waals surface area contributed by atoms with Crippen LogP contribution in [-0.4, -0.2) is 20.0 Å². The number of aromatic nitrogens is 3. The molecule has 7 nitrogen and oxygen atoms in total. The first-order valence-corrected chi connectivity index (χ1v) is 9.62. The quantitative estimate of drug-likeness (QED) is 0.540. The number of benzene rings is 2. The number of halogens is 1. The summed E-state index contributed by atoms with van der Waals surface area (Å²) in [6.07, 6.45) is 1.47. The molecule has 1 N–H and O–H groups in total. The average molecular weight is 418 g/mol. The van der Waals surface area contributed by atoms with E-state index in [4.69, 9.17) is 0 Å². The molecule has 2 aromatic carbocycles. The van der Waals surface area contributed by atoms with Crippen molar-refractivity contribution in [3.8, 4) is 0 Å². The highest BCUT2D eigenvalue weighted by molar-refractivity contribution is 5.91. The number of carbonyl (C=O) groups is 1. The Morgan fingerprint density at radius 1 is 1.00 bits per heavy atom. The van der Waals surface area contributed by atoms with Gasteiger partial charge in [-0.1, -0.05) is 29.8 Å². The summed E-state index contributed by atoms with van der Waals surface area (Å²) in [5, 5.41) is 2.63. The van der Waals surface area contributed by atoms with E-state index in [1.807, 2.05) is 31.2 Å². The van der Waals surface area contributed by atoms with E-state index < -0.39 is 23.0 Å². The van der Waals surface area contributed by atoms with Crippen LogP contribution in [0.15, 0.2) is 76.4 Å². The fraction of sp³-hybridized carbons (Fsp3) is 0.130. The number of fused-ring (bicyclic) bond motifs is 1. The smallest absolute Gasteiger partial charge is 0.325 e. The van der Waals surface area contributed by atoms with Gasteiger partial charge >= 0.3 is 5.69 Å². The molecule has 156 valence electrons. The van der Waals surface area contributed by atoms with Crippen LogP contribution in [0.25, 0.3) is 11.0 Å². The topological polar surface area (TPSA) is 86.0 Å². The summed E-state index contributed by atoms with van der Waals surface area (Å²) in [6, 6.07) is 16.0. The lowest BCUT2D eigenvalue weighted by Gasteiger charge is -2.14. The summed E-state index contributed by atoms with van der Waals surface area (Å²) in [4.78, 5) is 42.8. The monoisotopic (exact) mass is 418 g/mol. The standard InChI is InChI=1S/C23H19FN4O3/c1-15-4-6-16(7-5-15)13-28-22(30)21-19(3-2-12-25-21)27(23(28)31)14-20(29)26-18-10-8-17(24)9-11-18/h2-12H,13-14H2,1H3,(H,26,29). The highest BCUT2D eigenvalue weighted by Gasteiger charge is 2.16. The zero-order valence-electron chi connectivity index (χ0n) is 16.7. The van der Waals surface area contributed by atoms with Crippen LogP contribution >= 0.6 is 0 Å². The Balaban J connectivity index is 1.74. The second kappa shape index (κ2) is 8.35. The number of nitrogens with zero attached hydrogens (tertiary/aromatic N) is 3. The van der Waals surface area contributed by atoms with E-state index in [2.05, 4.69) is 10.3 Å². The molecule has 0 bridgehead atoms. The summed E-state index contributed by atoms with van der Waals surface area (Å²) in [5.74, 6) is -0.908. The van der Waals surface area contributed by atoms with Crippen molar-refractivity contribution in [1.82, 2.24) is 14.1 Å². The van der Waals surface area contributed by atoms with Gasteiger partial charge in [0, 0.05) is 11.9 Å². The fourth-order valence-electron chi connectivity index (χ4n) is 3.29. The summed E-state index contributed by atoms with van der Waals surface area (Å²) < 4.78 is 15.4. The second-order valence-corrected chi connectivity index (χ2v) is 7.17. The zero-order valence-corrected chi connectivity index (χ0v) is 16.7. The lowest BCUT2D eigenvalue weighted by atomic mass is 10.1. The van der Waals surface area contributed by atoms with Gasteiger partial charge in [-0.15, -0.1) is 0 Å². The molecule has 0 saturated carbocycles. The number of hydrogen-bond acceptors (Lipinski definition) is 4. The number of aryl methyl sites for hydroxylation is 1. The minimum absolute atomic E-state index is 0.0596. The molecule has 8 heteroatoms. The molecule has 0 aliphatic heterocycles. The molecule has 0 aliphatic rings. The molecule has 1 amide bonds. The van der Waals surface area contributed by atoms with E-state index in [1.54, 1.807) is 12.1 Å². The molecule has 0 spiro atoms. The Bertz CT molecular complexity index is 1370. The van der Waals surface area contributed by atoms with Crippen molar-refractivity contribution in [2.75, 3.05) is 5.32 Å². The van der Waals surface area contributed by atoms with Gasteiger partial charge in [0.1, 0.15) is 12.4 Å². The van der Waals surface area contributed by atoms with Gasteiger partial charge in [0.15, 0.2) is 5.52 Å². The van der Waals surface area contributed by atoms with Crippen LogP contribution in [0.3, 0.4) is 0 Å². The van der Waals surface area contributed by atoms with Gasteiger partial charge in [-0.3, -0.25) is 18.7 Å². The Hall–Kier alpha value is -4.07. The second-order valence-electron chi connectivity index (χ2n) is 7.17. The summed E-state index contributed by atoms with van der Waals surface area (Å²) in [6.45, 7) is 1.68. The Morgan fingerprint density at radius 2 is 1.71 bits per heavy atom. The summed E-state index contributed by atoms with van der Waals surface area (Å²) >= 11 is 0. The third-order valence-corrected chi connectivity index (χ3v) is 4.88. The van der Waals surface area contributed by atoms with Crippen LogP contribution in [0.4, 0.5) is 10.1 Å². The number of pyridine rings is 1. The van der Waals surface area contributed by atoms with E-state index in [-0.39, 0.29) is 24.1 Å². The Morgan fingerprint density at radius 3 is 2.42 bits per heavy atom. The van der Waals surface area contributed by atoms with Gasteiger partial charge < -0.3 is 5.32 Å². The van der Waals surface area contributed by atoms with Crippen molar-refractivity contribution < 1.29 is 9.18 Å². The van der Waals surface area contributed by atoms with Crippen LogP contribution in [0.1, 0.15) is 11.1 Å². The van der Waals surface area contributed by atoms with E-state index in [0.29, 0.717) is 5.69 Å². The first-order valence-electron chi connectivity index (χ1n) is 9.62. The molecule has 0 radical (unpaired) electrons. The normalized spacial score (nSPS) is 10.9. The van der Waals surface area contributed by atoms with Gasteiger partial charge in [0.05, 0.1) is 12.1 Å². The molecule has 2 aromatic heterocycles. The van der Waals surface area contributed by atoms with Crippen LogP contribution in [-0.2, 0) is 17.9 Å². The van der Waals surface area contributed by atoms with E-state index in [1.165, 1.54) is 35.0 Å². The number of nitrogens with one attached hydrogen (secondary N) is 1. The van der Waals surface area contributed by atoms with Gasteiger partial charge in [-0.25, -0.2) is 14.2 Å². The van der Waals surface area contributed by atoms with Crippen LogP contribution < -0.4 is 16.6 Å². The molecule has 0 saturated heterocycles. The number of rotatable bonds is 5. The Kier molecular flexibility index (Phi) is 5.44. The molecule has 4 aromatic rings. The van der Waals surface area contributed by atoms with Crippen LogP contribution in [0.2, 0.25) is 0 Å². The number of carbonyl (C=O) groups excluding carboxylic acids is 1. The van der Waals surface area contributed by atoms with Gasteiger partial charge in [0.2, 0.25) is 5.91 Å². The van der Waals surface area contributed by atoms with Crippen molar-refractivity contribution in [3.63, 3.8) is 0 Å². The average Bonchev–Trinajstić information content (AvgIpc) is 2.77. The first kappa shape index (κ1) is 20.2. The van der Waals surface area contributed by atoms with Gasteiger partial charge in [-0.05, 0) is 48.9 Å². The highest BCUT2D eigenvalue weighted by Crippen LogP contribution is 2.10. The van der Waals surface area contributed by atoms with Gasteiger partial charge in [-0.2, -0.15) is 0 Å². The molecule has 0 aliphatic carbocycles. The molecule has 4 rings (SSSR count). The van der Waals surface area contributed by atoms with Crippen molar-refractivity contribution in [1.29, 1.82) is 0 Å². The maximum absolute atomic E-state index is 13.2. The van der Waals surface area contributed by atoms with Crippen LogP contribution in [0.5, 0.6) is 0 Å². The van der Waals surface area contributed by atoms with Crippen molar-refractivity contribution in [2.24, 2.45) is 0 Å². The van der Waals surface area contributed by atoms with Crippen LogP contribution in [0, 0.1) is 12.7 Å². The maximum Gasteiger partial charge on any atom is 0.332 e. The van der Waals surface area contributed by atoms with Crippen molar-refractivity contribution >= 4 is 22.6 Å². The molecule has 0 unspecified atom stereocenters. The molecular formula is C23H19FN4O3. The predicted octanol–water partition coefficient (Wildman–Crippen LogP) is 2.69. The Labute approximate surface area is 176 Å². The number of hydrogen-bond donors (Lipinski definition) is 1. The summed E-state index contributed by atoms with van der Waals surface area (Å²) in [7, 11) is 0. The van der Waals surface area contributed by atoms with Crippen molar-refractivity contribution in [3.05, 3.63) is 105 Å². The molecule has 0 atom stereocenters. The minimum Gasteiger partial charge on any atom is -0.325 e. The zero-order chi connectivity index (χ0) is 22.0.